The van der Waals surface area contributed by atoms with Gasteiger partial charge in [0.2, 0.25) is 0 Å². The van der Waals surface area contributed by atoms with Crippen molar-refractivity contribution in [3.05, 3.63) is 65.5 Å². The number of H-pyrrole nitrogens is 1. The predicted molar refractivity (Wildman–Crippen MR) is 86.1 cm³/mol. The van der Waals surface area contributed by atoms with Crippen LogP contribution in [-0.2, 0) is 0 Å². The summed E-state index contributed by atoms with van der Waals surface area (Å²) in [7, 11) is 0. The molecule has 0 aliphatic rings. The van der Waals surface area contributed by atoms with Crippen molar-refractivity contribution < 1.29 is 4.39 Å². The summed E-state index contributed by atoms with van der Waals surface area (Å²) in [5.74, 6) is 1.45. The Labute approximate surface area is 125 Å². The maximum absolute atomic E-state index is 13.2. The Morgan fingerprint density at radius 1 is 1.00 bits per heavy atom. The molecule has 0 fully saturated rings. The normalized spacial score (nSPS) is 10.6. The van der Waals surface area contributed by atoms with Crippen molar-refractivity contribution in [3.8, 4) is 0 Å². The monoisotopic (exact) mass is 284 g/mol. The summed E-state index contributed by atoms with van der Waals surface area (Å²) in [6.07, 6.45) is 1.86. The van der Waals surface area contributed by atoms with Crippen LogP contribution in [0.25, 0.3) is 10.8 Å². The van der Waals surface area contributed by atoms with E-state index in [1.54, 1.807) is 12.1 Å². The average Bonchev–Trinajstić information content (AvgIpc) is 2.91. The number of rotatable bonds is 1. The van der Waals surface area contributed by atoms with Gasteiger partial charge in [-0.25, -0.2) is 9.37 Å². The maximum Gasteiger partial charge on any atom is 0.131 e. The van der Waals surface area contributed by atoms with E-state index in [4.69, 9.17) is 0 Å². The first-order chi connectivity index (χ1) is 9.99. The van der Waals surface area contributed by atoms with Crippen LogP contribution in [0.5, 0.6) is 0 Å². The highest BCUT2D eigenvalue weighted by molar-refractivity contribution is 5.85. The van der Waals surface area contributed by atoms with Crippen LogP contribution < -0.4 is 0 Å². The number of halogens is 1. The highest BCUT2D eigenvalue weighted by atomic mass is 19.1. The van der Waals surface area contributed by atoms with Gasteiger partial charge >= 0.3 is 0 Å². The molecule has 0 aliphatic carbocycles. The molecule has 0 saturated heterocycles. The van der Waals surface area contributed by atoms with Gasteiger partial charge in [0.15, 0.2) is 0 Å². The lowest BCUT2D eigenvalue weighted by Crippen LogP contribution is -1.88. The first kappa shape index (κ1) is 15.2. The zero-order chi connectivity index (χ0) is 15.4. The fourth-order valence-electron chi connectivity index (χ4n) is 2.14. The van der Waals surface area contributed by atoms with Gasteiger partial charge in [0.05, 0.1) is 0 Å². The van der Waals surface area contributed by atoms with Gasteiger partial charge in [0.1, 0.15) is 11.6 Å². The van der Waals surface area contributed by atoms with Crippen molar-refractivity contribution in [2.24, 2.45) is 0 Å². The number of nitrogens with zero attached hydrogens (tertiary/aromatic N) is 1. The summed E-state index contributed by atoms with van der Waals surface area (Å²) in [4.78, 5) is 7.32. The Morgan fingerprint density at radius 2 is 1.67 bits per heavy atom. The number of imidazole rings is 1. The SMILES string of the molecule is Cc1ccc(F)c2ccccc12.Cc1cnc(C(C)C)[nH]1. The molecule has 0 radical (unpaired) electrons. The quantitative estimate of drug-likeness (QED) is 0.659. The minimum Gasteiger partial charge on any atom is -0.346 e. The van der Waals surface area contributed by atoms with Crippen molar-refractivity contribution in [1.29, 1.82) is 0 Å². The average molecular weight is 284 g/mol. The molecule has 2 aromatic carbocycles. The molecular weight excluding hydrogens is 263 g/mol. The van der Waals surface area contributed by atoms with E-state index in [2.05, 4.69) is 23.8 Å². The number of hydrogen-bond donors (Lipinski definition) is 1. The molecule has 3 heteroatoms. The van der Waals surface area contributed by atoms with Crippen LogP contribution in [0.1, 0.15) is 36.8 Å². The standard InChI is InChI=1S/C11H9F.C7H12N2/c1-8-6-7-11(12)10-5-3-2-4-9(8)10;1-5(2)7-8-4-6(3)9-7/h2-7H,1H3;4-5H,1-3H3,(H,8,9). The van der Waals surface area contributed by atoms with Crippen molar-refractivity contribution in [1.82, 2.24) is 9.97 Å². The minimum atomic E-state index is -0.142. The Bertz CT molecular complexity index is 688. The van der Waals surface area contributed by atoms with Gasteiger partial charge in [-0.2, -0.15) is 0 Å². The van der Waals surface area contributed by atoms with E-state index in [0.29, 0.717) is 11.3 Å². The molecule has 1 N–H and O–H groups in total. The van der Waals surface area contributed by atoms with Gasteiger partial charge in [0.25, 0.3) is 0 Å². The van der Waals surface area contributed by atoms with Gasteiger partial charge < -0.3 is 4.98 Å². The predicted octanol–water partition coefficient (Wildman–Crippen LogP) is 5.13. The lowest BCUT2D eigenvalue weighted by Gasteiger charge is -2.01. The second-order valence-corrected chi connectivity index (χ2v) is 5.52. The molecular formula is C18H21FN2. The number of nitrogens with one attached hydrogen (secondary N) is 1. The number of aryl methyl sites for hydroxylation is 2. The highest BCUT2D eigenvalue weighted by Crippen LogP contribution is 2.20. The number of aromatic nitrogens is 2. The Kier molecular flexibility index (Phi) is 4.73. The summed E-state index contributed by atoms with van der Waals surface area (Å²) in [6.45, 7) is 8.25. The van der Waals surface area contributed by atoms with E-state index in [1.165, 1.54) is 6.07 Å². The molecule has 0 amide bonds. The van der Waals surface area contributed by atoms with E-state index >= 15 is 0 Å². The lowest BCUT2D eigenvalue weighted by atomic mass is 10.1. The molecule has 3 rings (SSSR count). The molecule has 21 heavy (non-hydrogen) atoms. The molecule has 0 bridgehead atoms. The summed E-state index contributed by atoms with van der Waals surface area (Å²) in [5, 5.41) is 1.70. The van der Waals surface area contributed by atoms with Crippen molar-refractivity contribution >= 4 is 10.8 Å². The molecule has 110 valence electrons. The Morgan fingerprint density at radius 3 is 2.14 bits per heavy atom. The molecule has 1 heterocycles. The fraction of sp³-hybridized carbons (Fsp3) is 0.278. The van der Waals surface area contributed by atoms with E-state index in [1.807, 2.05) is 38.2 Å². The summed E-state index contributed by atoms with van der Waals surface area (Å²) in [6, 6.07) is 10.8. The number of fused-ring (bicyclic) bond motifs is 1. The minimum absolute atomic E-state index is 0.142. The summed E-state index contributed by atoms with van der Waals surface area (Å²) < 4.78 is 13.2. The van der Waals surface area contributed by atoms with Gasteiger partial charge in [0, 0.05) is 23.2 Å². The summed E-state index contributed by atoms with van der Waals surface area (Å²) in [5.41, 5.74) is 2.26. The van der Waals surface area contributed by atoms with Crippen molar-refractivity contribution in [2.45, 2.75) is 33.6 Å². The van der Waals surface area contributed by atoms with Gasteiger partial charge in [-0.3, -0.25) is 0 Å². The largest absolute Gasteiger partial charge is 0.346 e. The number of benzene rings is 2. The van der Waals surface area contributed by atoms with Crippen LogP contribution >= 0.6 is 0 Å². The van der Waals surface area contributed by atoms with Crippen LogP contribution in [0.4, 0.5) is 4.39 Å². The van der Waals surface area contributed by atoms with Crippen molar-refractivity contribution in [2.75, 3.05) is 0 Å². The first-order valence-corrected chi connectivity index (χ1v) is 7.14. The zero-order valence-corrected chi connectivity index (χ0v) is 12.9. The fourth-order valence-corrected chi connectivity index (χ4v) is 2.14. The van der Waals surface area contributed by atoms with Crippen LogP contribution in [0.3, 0.4) is 0 Å². The van der Waals surface area contributed by atoms with Gasteiger partial charge in [-0.1, -0.05) is 44.2 Å². The Balaban J connectivity index is 0.000000161. The molecule has 1 aromatic heterocycles. The molecule has 3 aromatic rings. The van der Waals surface area contributed by atoms with E-state index in [0.717, 1.165) is 22.5 Å². The molecule has 0 spiro atoms. The zero-order valence-electron chi connectivity index (χ0n) is 12.9. The van der Waals surface area contributed by atoms with Crippen LogP contribution in [0.15, 0.2) is 42.6 Å². The topological polar surface area (TPSA) is 28.7 Å². The second kappa shape index (κ2) is 6.53. The molecule has 0 saturated carbocycles. The van der Waals surface area contributed by atoms with Crippen LogP contribution in [-0.4, -0.2) is 9.97 Å². The molecule has 0 aliphatic heterocycles. The van der Waals surface area contributed by atoms with E-state index in [9.17, 15) is 4.39 Å². The Hall–Kier alpha value is -2.16. The smallest absolute Gasteiger partial charge is 0.131 e. The number of aromatic amines is 1. The van der Waals surface area contributed by atoms with Gasteiger partial charge in [-0.15, -0.1) is 0 Å². The molecule has 0 atom stereocenters. The number of hydrogen-bond acceptors (Lipinski definition) is 1. The first-order valence-electron chi connectivity index (χ1n) is 7.14. The molecule has 0 unspecified atom stereocenters. The lowest BCUT2D eigenvalue weighted by molar-refractivity contribution is 0.639. The van der Waals surface area contributed by atoms with Gasteiger partial charge in [-0.05, 0) is 30.9 Å². The second-order valence-electron chi connectivity index (χ2n) is 5.52. The third-order valence-corrected chi connectivity index (χ3v) is 3.36. The molecule has 2 nitrogen and oxygen atoms in total. The third kappa shape index (κ3) is 3.69. The summed E-state index contributed by atoms with van der Waals surface area (Å²) >= 11 is 0. The van der Waals surface area contributed by atoms with E-state index < -0.39 is 0 Å². The van der Waals surface area contributed by atoms with Crippen LogP contribution in [0, 0.1) is 19.7 Å². The van der Waals surface area contributed by atoms with Crippen molar-refractivity contribution in [3.63, 3.8) is 0 Å². The third-order valence-electron chi connectivity index (χ3n) is 3.36. The highest BCUT2D eigenvalue weighted by Gasteiger charge is 2.01. The van der Waals surface area contributed by atoms with Crippen LogP contribution in [0.2, 0.25) is 0 Å². The maximum atomic E-state index is 13.2. The van der Waals surface area contributed by atoms with E-state index in [-0.39, 0.29) is 5.82 Å².